The van der Waals surface area contributed by atoms with Gasteiger partial charge in [0, 0.05) is 30.1 Å². The zero-order valence-corrected chi connectivity index (χ0v) is 21.2. The number of nitriles is 1. The van der Waals surface area contributed by atoms with Crippen molar-refractivity contribution in [3.05, 3.63) is 59.7 Å². The number of aliphatic hydroxyl groups is 1. The number of carbonyl (C=O) groups is 3. The van der Waals surface area contributed by atoms with E-state index in [1.807, 2.05) is 36.4 Å². The van der Waals surface area contributed by atoms with Crippen LogP contribution in [0.5, 0.6) is 0 Å². The number of nitrogens with zero attached hydrogens (tertiary/aromatic N) is 2. The highest BCUT2D eigenvalue weighted by Crippen LogP contribution is 2.50. The number of likely N-dealkylation sites (tertiary alicyclic amines) is 1. The summed E-state index contributed by atoms with van der Waals surface area (Å²) in [5.74, 6) is -1.12. The number of hydrogen-bond acceptors (Lipinski definition) is 5. The molecule has 0 aromatic heterocycles. The Labute approximate surface area is 222 Å². The standard InChI is InChI=1S/C30H32N4O4/c31-16-20(15-18-8-6-14-32-27(18)35)33-28(36)26-21-11-5-7-19(21)17-34(26)29(37)30(38)24-12-3-1-9-22(24)23-10-2-4-13-25(23)30/h1-4,9-10,12-13,18-21,26,38H,5-8,11,14-15,17H2,(H,32,35)(H,33,36). The first-order chi connectivity index (χ1) is 18.4. The van der Waals surface area contributed by atoms with Crippen LogP contribution < -0.4 is 10.6 Å². The van der Waals surface area contributed by atoms with E-state index in [2.05, 4.69) is 16.7 Å². The SMILES string of the molecule is N#CC(CC1CCCNC1=O)NC(=O)C1C2CCCC2CN1C(=O)C1(O)c2ccccc2-c2ccccc21. The normalized spacial score (nSPS) is 27.5. The van der Waals surface area contributed by atoms with Crippen molar-refractivity contribution in [3.8, 4) is 17.2 Å². The van der Waals surface area contributed by atoms with Crippen molar-refractivity contribution in [1.29, 1.82) is 5.26 Å². The lowest BCUT2D eigenvalue weighted by Crippen LogP contribution is -2.55. The van der Waals surface area contributed by atoms with Gasteiger partial charge in [-0.1, -0.05) is 55.0 Å². The van der Waals surface area contributed by atoms with Crippen molar-refractivity contribution < 1.29 is 19.5 Å². The minimum atomic E-state index is -1.89. The molecule has 8 heteroatoms. The fraction of sp³-hybridized carbons (Fsp3) is 0.467. The second kappa shape index (κ2) is 9.55. The molecule has 0 radical (unpaired) electrons. The van der Waals surface area contributed by atoms with Gasteiger partial charge in [0.05, 0.1) is 6.07 Å². The molecular weight excluding hydrogens is 480 g/mol. The van der Waals surface area contributed by atoms with Crippen molar-refractivity contribution in [2.24, 2.45) is 17.8 Å². The third-order valence-corrected chi connectivity index (χ3v) is 9.05. The molecule has 6 rings (SSSR count). The van der Waals surface area contributed by atoms with Crippen molar-refractivity contribution in [1.82, 2.24) is 15.5 Å². The predicted octanol–water partition coefficient (Wildman–Crippen LogP) is 2.45. The van der Waals surface area contributed by atoms with E-state index in [0.717, 1.165) is 36.8 Å². The van der Waals surface area contributed by atoms with E-state index >= 15 is 0 Å². The first-order valence-electron chi connectivity index (χ1n) is 13.6. The number of amides is 3. The molecule has 3 amide bonds. The van der Waals surface area contributed by atoms with E-state index in [0.29, 0.717) is 30.6 Å². The van der Waals surface area contributed by atoms with E-state index in [1.54, 1.807) is 17.0 Å². The molecule has 5 atom stereocenters. The lowest BCUT2D eigenvalue weighted by Gasteiger charge is -2.34. The van der Waals surface area contributed by atoms with Crippen LogP contribution in [0.2, 0.25) is 0 Å². The number of carbonyl (C=O) groups excluding carboxylic acids is 3. The molecule has 0 bridgehead atoms. The Kier molecular flexibility index (Phi) is 6.19. The molecule has 196 valence electrons. The van der Waals surface area contributed by atoms with Crippen molar-refractivity contribution in [2.75, 3.05) is 13.1 Å². The fourth-order valence-electron chi connectivity index (χ4n) is 7.25. The summed E-state index contributed by atoms with van der Waals surface area (Å²) in [4.78, 5) is 41.9. The minimum Gasteiger partial charge on any atom is -0.372 e. The Balaban J connectivity index is 1.30. The van der Waals surface area contributed by atoms with E-state index in [-0.39, 0.29) is 36.0 Å². The molecule has 2 aliphatic carbocycles. The first-order valence-corrected chi connectivity index (χ1v) is 13.6. The van der Waals surface area contributed by atoms with Gasteiger partial charge >= 0.3 is 0 Å². The van der Waals surface area contributed by atoms with Crippen LogP contribution in [-0.2, 0) is 20.0 Å². The summed E-state index contributed by atoms with van der Waals surface area (Å²) in [6.45, 7) is 1.03. The Hall–Kier alpha value is -3.70. The van der Waals surface area contributed by atoms with Gasteiger partial charge in [0.2, 0.25) is 11.8 Å². The highest BCUT2D eigenvalue weighted by Gasteiger charge is 2.56. The van der Waals surface area contributed by atoms with E-state index in [9.17, 15) is 24.8 Å². The van der Waals surface area contributed by atoms with E-state index < -0.39 is 23.6 Å². The summed E-state index contributed by atoms with van der Waals surface area (Å²) in [6, 6.07) is 15.3. The number of benzene rings is 2. The second-order valence-electron chi connectivity index (χ2n) is 11.1. The van der Waals surface area contributed by atoms with Gasteiger partial charge < -0.3 is 20.6 Å². The summed E-state index contributed by atoms with van der Waals surface area (Å²) in [7, 11) is 0. The van der Waals surface area contributed by atoms with Gasteiger partial charge in [-0.3, -0.25) is 14.4 Å². The molecule has 5 unspecified atom stereocenters. The maximum Gasteiger partial charge on any atom is 0.264 e. The van der Waals surface area contributed by atoms with Crippen LogP contribution in [0, 0.1) is 29.1 Å². The van der Waals surface area contributed by atoms with Crippen molar-refractivity contribution in [3.63, 3.8) is 0 Å². The number of piperidine rings is 1. The zero-order valence-electron chi connectivity index (χ0n) is 21.2. The quantitative estimate of drug-likeness (QED) is 0.568. The molecule has 2 saturated heterocycles. The smallest absolute Gasteiger partial charge is 0.264 e. The topological polar surface area (TPSA) is 123 Å². The Morgan fingerprint density at radius 3 is 2.42 bits per heavy atom. The Morgan fingerprint density at radius 1 is 1.08 bits per heavy atom. The first kappa shape index (κ1) is 24.6. The third kappa shape index (κ3) is 3.80. The highest BCUT2D eigenvalue weighted by molar-refractivity contribution is 6.01. The maximum atomic E-state index is 14.3. The van der Waals surface area contributed by atoms with Crippen molar-refractivity contribution in [2.45, 2.75) is 56.2 Å². The van der Waals surface area contributed by atoms with Gasteiger partial charge in [-0.05, 0) is 55.1 Å². The summed E-state index contributed by atoms with van der Waals surface area (Å²) < 4.78 is 0. The van der Waals surface area contributed by atoms with Gasteiger partial charge in [0.15, 0.2) is 5.60 Å². The second-order valence-corrected chi connectivity index (χ2v) is 11.1. The van der Waals surface area contributed by atoms with Crippen LogP contribution in [0.15, 0.2) is 48.5 Å². The van der Waals surface area contributed by atoms with Gasteiger partial charge in [-0.15, -0.1) is 0 Å². The van der Waals surface area contributed by atoms with Gasteiger partial charge in [0.25, 0.3) is 5.91 Å². The lowest BCUT2D eigenvalue weighted by molar-refractivity contribution is -0.152. The zero-order chi connectivity index (χ0) is 26.4. The van der Waals surface area contributed by atoms with Crippen LogP contribution in [0.25, 0.3) is 11.1 Å². The van der Waals surface area contributed by atoms with E-state index in [4.69, 9.17) is 0 Å². The van der Waals surface area contributed by atoms with Crippen LogP contribution in [0.4, 0.5) is 0 Å². The fourth-order valence-corrected chi connectivity index (χ4v) is 7.25. The molecular formula is C30H32N4O4. The summed E-state index contributed by atoms with van der Waals surface area (Å²) >= 11 is 0. The third-order valence-electron chi connectivity index (χ3n) is 9.05. The van der Waals surface area contributed by atoms with Crippen LogP contribution >= 0.6 is 0 Å². The molecule has 3 N–H and O–H groups in total. The summed E-state index contributed by atoms with van der Waals surface area (Å²) in [6.07, 6.45) is 4.51. The van der Waals surface area contributed by atoms with Crippen LogP contribution in [0.1, 0.15) is 49.7 Å². The number of rotatable bonds is 5. The largest absolute Gasteiger partial charge is 0.372 e. The highest BCUT2D eigenvalue weighted by atomic mass is 16.3. The predicted molar refractivity (Wildman–Crippen MR) is 139 cm³/mol. The lowest BCUT2D eigenvalue weighted by atomic mass is 9.88. The molecule has 2 heterocycles. The Bertz CT molecular complexity index is 1290. The van der Waals surface area contributed by atoms with Gasteiger partial charge in [0.1, 0.15) is 12.1 Å². The molecule has 3 fully saturated rings. The van der Waals surface area contributed by atoms with E-state index in [1.165, 1.54) is 0 Å². The monoisotopic (exact) mass is 512 g/mol. The Morgan fingerprint density at radius 2 is 1.76 bits per heavy atom. The molecule has 4 aliphatic rings. The molecule has 38 heavy (non-hydrogen) atoms. The molecule has 1 saturated carbocycles. The molecule has 2 aromatic carbocycles. The molecule has 2 aliphatic heterocycles. The van der Waals surface area contributed by atoms with Crippen LogP contribution in [-0.4, -0.2) is 52.9 Å². The molecule has 8 nitrogen and oxygen atoms in total. The number of hydrogen-bond donors (Lipinski definition) is 3. The summed E-state index contributed by atoms with van der Waals surface area (Å²) in [5, 5.41) is 27.6. The maximum absolute atomic E-state index is 14.3. The van der Waals surface area contributed by atoms with Crippen LogP contribution in [0.3, 0.4) is 0 Å². The van der Waals surface area contributed by atoms with Gasteiger partial charge in [-0.25, -0.2) is 0 Å². The van der Waals surface area contributed by atoms with Crippen molar-refractivity contribution >= 4 is 17.7 Å². The van der Waals surface area contributed by atoms with Gasteiger partial charge in [-0.2, -0.15) is 5.26 Å². The average Bonchev–Trinajstić information content (AvgIpc) is 3.61. The minimum absolute atomic E-state index is 0.0215. The number of fused-ring (bicyclic) bond motifs is 4. The number of nitrogens with one attached hydrogen (secondary N) is 2. The molecule has 0 spiro atoms. The molecule has 2 aromatic rings. The summed E-state index contributed by atoms with van der Waals surface area (Å²) in [5.41, 5.74) is 0.796. The average molecular weight is 513 g/mol.